The Morgan fingerprint density at radius 3 is 2.25 bits per heavy atom. The highest BCUT2D eigenvalue weighted by molar-refractivity contribution is 7.11. The molecule has 20 heavy (non-hydrogen) atoms. The molecule has 2 N–H and O–H groups in total. The molecule has 2 nitrogen and oxygen atoms in total. The highest BCUT2D eigenvalue weighted by Gasteiger charge is 2.44. The molecule has 2 saturated carbocycles. The molecule has 1 aromatic rings. The molecule has 0 amide bonds. The molecule has 1 aromatic heterocycles. The monoisotopic (exact) mass is 290 g/mol. The lowest BCUT2D eigenvalue weighted by Crippen LogP contribution is -2.43. The fraction of sp³-hybridized carbons (Fsp3) is 0.824. The van der Waals surface area contributed by atoms with Gasteiger partial charge in [-0.2, -0.15) is 0 Å². The van der Waals surface area contributed by atoms with Crippen molar-refractivity contribution in [3.05, 3.63) is 15.6 Å². The number of hydrogen-bond donors (Lipinski definition) is 1. The summed E-state index contributed by atoms with van der Waals surface area (Å²) in [7, 11) is 0. The molecule has 0 atom stereocenters. The minimum Gasteiger partial charge on any atom is -0.319 e. The van der Waals surface area contributed by atoms with Crippen LogP contribution in [0.25, 0.3) is 0 Å². The zero-order valence-electron chi connectivity index (χ0n) is 12.4. The summed E-state index contributed by atoms with van der Waals surface area (Å²) in [6, 6.07) is 0. The van der Waals surface area contributed by atoms with Crippen molar-refractivity contribution in [2.45, 2.75) is 82.6 Å². The average Bonchev–Trinajstić information content (AvgIpc) is 3.10. The Balaban J connectivity index is 1.54. The first-order valence-electron chi connectivity index (χ1n) is 8.47. The van der Waals surface area contributed by atoms with Gasteiger partial charge in [0.15, 0.2) is 0 Å². The number of aryl methyl sites for hydroxylation is 2. The number of nitrogens with zero attached hydrogens (tertiary/aromatic N) is 1. The largest absolute Gasteiger partial charge is 0.319 e. The van der Waals surface area contributed by atoms with E-state index in [-0.39, 0.29) is 5.54 Å². The molecule has 0 bridgehead atoms. The Bertz CT molecular complexity index is 466. The van der Waals surface area contributed by atoms with Gasteiger partial charge in [-0.05, 0) is 69.6 Å². The van der Waals surface area contributed by atoms with Crippen LogP contribution in [-0.2, 0) is 18.4 Å². The van der Waals surface area contributed by atoms with E-state index in [1.807, 2.05) is 11.3 Å². The molecule has 4 rings (SSSR count). The molecule has 3 aliphatic carbocycles. The van der Waals surface area contributed by atoms with Crippen LogP contribution in [0.15, 0.2) is 0 Å². The van der Waals surface area contributed by atoms with Crippen molar-refractivity contribution in [1.82, 2.24) is 4.98 Å². The lowest BCUT2D eigenvalue weighted by Gasteiger charge is -2.42. The predicted molar refractivity (Wildman–Crippen MR) is 84.0 cm³/mol. The van der Waals surface area contributed by atoms with E-state index in [1.54, 1.807) is 0 Å². The summed E-state index contributed by atoms with van der Waals surface area (Å²) in [6.07, 6.45) is 15.9. The van der Waals surface area contributed by atoms with Crippen LogP contribution >= 0.6 is 11.3 Å². The number of nitrogens with two attached hydrogens (primary N) is 1. The minimum atomic E-state index is -0.101. The number of rotatable bonds is 1. The van der Waals surface area contributed by atoms with E-state index in [0.717, 1.165) is 0 Å². The minimum absolute atomic E-state index is 0.101. The fourth-order valence-corrected chi connectivity index (χ4v) is 5.94. The van der Waals surface area contributed by atoms with Gasteiger partial charge in [0.1, 0.15) is 5.01 Å². The zero-order valence-corrected chi connectivity index (χ0v) is 13.2. The van der Waals surface area contributed by atoms with Crippen LogP contribution < -0.4 is 5.73 Å². The van der Waals surface area contributed by atoms with Gasteiger partial charge >= 0.3 is 0 Å². The van der Waals surface area contributed by atoms with Crippen LogP contribution in [-0.4, -0.2) is 4.98 Å². The molecule has 0 unspecified atom stereocenters. The number of thiazole rings is 1. The Labute approximate surface area is 126 Å². The Morgan fingerprint density at radius 1 is 0.850 bits per heavy atom. The van der Waals surface area contributed by atoms with E-state index in [0.29, 0.717) is 5.41 Å². The molecule has 0 radical (unpaired) electrons. The van der Waals surface area contributed by atoms with Crippen molar-refractivity contribution < 1.29 is 0 Å². The second-order valence-corrected chi connectivity index (χ2v) is 8.54. The topological polar surface area (TPSA) is 38.9 Å². The summed E-state index contributed by atoms with van der Waals surface area (Å²) >= 11 is 1.94. The Morgan fingerprint density at radius 2 is 1.55 bits per heavy atom. The van der Waals surface area contributed by atoms with Crippen LogP contribution in [0.3, 0.4) is 0 Å². The predicted octanol–water partition coefficient (Wildman–Crippen LogP) is 4.31. The summed E-state index contributed by atoms with van der Waals surface area (Å²) < 4.78 is 0. The first-order valence-corrected chi connectivity index (χ1v) is 9.29. The van der Waals surface area contributed by atoms with Crippen LogP contribution in [0.5, 0.6) is 0 Å². The van der Waals surface area contributed by atoms with Crippen molar-refractivity contribution in [2.24, 2.45) is 11.1 Å². The maximum atomic E-state index is 6.79. The molecular formula is C17H26N2S. The molecule has 3 heteroatoms. The highest BCUT2D eigenvalue weighted by atomic mass is 32.1. The number of aromatic nitrogens is 1. The van der Waals surface area contributed by atoms with Crippen molar-refractivity contribution >= 4 is 11.3 Å². The second kappa shape index (κ2) is 4.81. The zero-order chi connectivity index (χ0) is 13.6. The van der Waals surface area contributed by atoms with Gasteiger partial charge in [-0.15, -0.1) is 11.3 Å². The molecule has 110 valence electrons. The lowest BCUT2D eigenvalue weighted by atomic mass is 9.67. The van der Waals surface area contributed by atoms with Crippen molar-refractivity contribution in [3.63, 3.8) is 0 Å². The second-order valence-electron chi connectivity index (χ2n) is 7.46. The molecule has 3 aliphatic rings. The number of fused-ring (bicyclic) bond motifs is 1. The maximum Gasteiger partial charge on any atom is 0.113 e. The fourth-order valence-electron chi connectivity index (χ4n) is 4.63. The van der Waals surface area contributed by atoms with E-state index < -0.39 is 0 Å². The highest BCUT2D eigenvalue weighted by Crippen LogP contribution is 2.53. The SMILES string of the molecule is NC1(c2nc3c(s2)CCCC3)CCC2(CCCC2)CC1. The van der Waals surface area contributed by atoms with E-state index in [9.17, 15) is 0 Å². The van der Waals surface area contributed by atoms with E-state index >= 15 is 0 Å². The van der Waals surface area contributed by atoms with Crippen LogP contribution in [0.1, 0.15) is 79.8 Å². The molecule has 1 heterocycles. The van der Waals surface area contributed by atoms with Gasteiger partial charge in [-0.1, -0.05) is 12.8 Å². The van der Waals surface area contributed by atoms with E-state index in [1.165, 1.54) is 92.6 Å². The lowest BCUT2D eigenvalue weighted by molar-refractivity contribution is 0.134. The van der Waals surface area contributed by atoms with Gasteiger partial charge in [0.25, 0.3) is 0 Å². The van der Waals surface area contributed by atoms with Gasteiger partial charge in [0, 0.05) is 4.88 Å². The average molecular weight is 290 g/mol. The van der Waals surface area contributed by atoms with Crippen molar-refractivity contribution in [3.8, 4) is 0 Å². The molecule has 1 spiro atoms. The maximum absolute atomic E-state index is 6.79. The Kier molecular flexibility index (Phi) is 3.19. The summed E-state index contributed by atoms with van der Waals surface area (Å²) in [5.41, 5.74) is 8.73. The molecule has 0 aromatic carbocycles. The quantitative estimate of drug-likeness (QED) is 0.837. The van der Waals surface area contributed by atoms with Crippen molar-refractivity contribution in [1.29, 1.82) is 0 Å². The summed E-state index contributed by atoms with van der Waals surface area (Å²) in [5, 5.41) is 1.26. The van der Waals surface area contributed by atoms with Gasteiger partial charge in [0.2, 0.25) is 0 Å². The van der Waals surface area contributed by atoms with Gasteiger partial charge in [-0.25, -0.2) is 4.98 Å². The van der Waals surface area contributed by atoms with Crippen LogP contribution in [0, 0.1) is 5.41 Å². The van der Waals surface area contributed by atoms with Gasteiger partial charge in [0.05, 0.1) is 11.2 Å². The number of hydrogen-bond acceptors (Lipinski definition) is 3. The van der Waals surface area contributed by atoms with Gasteiger partial charge < -0.3 is 5.73 Å². The van der Waals surface area contributed by atoms with E-state index in [4.69, 9.17) is 10.7 Å². The first kappa shape index (κ1) is 13.3. The van der Waals surface area contributed by atoms with Gasteiger partial charge in [-0.3, -0.25) is 0 Å². The van der Waals surface area contributed by atoms with Crippen LogP contribution in [0.4, 0.5) is 0 Å². The third-order valence-corrected chi connectivity index (χ3v) is 7.52. The summed E-state index contributed by atoms with van der Waals surface area (Å²) in [6.45, 7) is 0. The Hall–Kier alpha value is -0.410. The molecule has 0 aliphatic heterocycles. The molecule has 2 fully saturated rings. The normalized spacial score (nSPS) is 27.6. The smallest absolute Gasteiger partial charge is 0.113 e. The first-order chi connectivity index (χ1) is 9.69. The third-order valence-electron chi connectivity index (χ3n) is 6.14. The summed E-state index contributed by atoms with van der Waals surface area (Å²) in [4.78, 5) is 6.49. The van der Waals surface area contributed by atoms with E-state index in [2.05, 4.69) is 0 Å². The standard InChI is InChI=1S/C17H26N2S/c18-17(11-9-16(10-12-17)7-3-4-8-16)15-19-13-5-1-2-6-14(13)20-15/h1-12,18H2. The summed E-state index contributed by atoms with van der Waals surface area (Å²) in [5.74, 6) is 0. The van der Waals surface area contributed by atoms with Crippen LogP contribution in [0.2, 0.25) is 0 Å². The molecule has 0 saturated heterocycles. The molecular weight excluding hydrogens is 264 g/mol. The third kappa shape index (κ3) is 2.14. The van der Waals surface area contributed by atoms with Crippen molar-refractivity contribution in [2.75, 3.05) is 0 Å².